The van der Waals surface area contributed by atoms with Crippen LogP contribution in [0.3, 0.4) is 0 Å². The van der Waals surface area contributed by atoms with Crippen LogP contribution in [0.5, 0.6) is 0 Å². The van der Waals surface area contributed by atoms with Gasteiger partial charge in [-0.3, -0.25) is 0 Å². The van der Waals surface area contributed by atoms with Crippen molar-refractivity contribution in [2.75, 3.05) is 0 Å². The van der Waals surface area contributed by atoms with E-state index in [1.54, 1.807) is 0 Å². The highest BCUT2D eigenvalue weighted by atomic mass is 14.1. The molecule has 0 heterocycles. The average molecular weight is 300 g/mol. The Balaban J connectivity index is 1.70. The third-order valence-electron chi connectivity index (χ3n) is 4.27. The van der Waals surface area contributed by atoms with Crippen molar-refractivity contribution >= 4 is 0 Å². The van der Waals surface area contributed by atoms with Crippen molar-refractivity contribution in [1.29, 1.82) is 0 Å². The third kappa shape index (κ3) is 4.32. The van der Waals surface area contributed by atoms with Crippen molar-refractivity contribution in [2.24, 2.45) is 0 Å². The molecule has 0 saturated heterocycles. The van der Waals surface area contributed by atoms with Gasteiger partial charge in [0.05, 0.1) is 0 Å². The molecule has 0 heteroatoms. The predicted molar refractivity (Wildman–Crippen MR) is 99.7 cm³/mol. The Hall–Kier alpha value is -2.34. The SMILES string of the molecule is CCCc1cccc(CCc2cccc(-c3ccccc3)c2)c1. The normalized spacial score (nSPS) is 10.7. The van der Waals surface area contributed by atoms with Crippen LogP contribution < -0.4 is 0 Å². The Morgan fingerprint density at radius 1 is 0.522 bits per heavy atom. The van der Waals surface area contributed by atoms with Gasteiger partial charge in [-0.1, -0.05) is 92.2 Å². The zero-order chi connectivity index (χ0) is 15.9. The van der Waals surface area contributed by atoms with Crippen LogP contribution >= 0.6 is 0 Å². The molecule has 0 fully saturated rings. The van der Waals surface area contributed by atoms with Gasteiger partial charge < -0.3 is 0 Å². The summed E-state index contributed by atoms with van der Waals surface area (Å²) in [6.07, 6.45) is 4.59. The van der Waals surface area contributed by atoms with Gasteiger partial charge in [-0.2, -0.15) is 0 Å². The Bertz CT molecular complexity index is 741. The zero-order valence-corrected chi connectivity index (χ0v) is 13.8. The van der Waals surface area contributed by atoms with Gasteiger partial charge in [-0.15, -0.1) is 0 Å². The van der Waals surface area contributed by atoms with E-state index in [4.69, 9.17) is 0 Å². The van der Waals surface area contributed by atoms with Crippen LogP contribution in [0.4, 0.5) is 0 Å². The number of rotatable bonds is 6. The van der Waals surface area contributed by atoms with E-state index in [0.717, 1.165) is 12.8 Å². The summed E-state index contributed by atoms with van der Waals surface area (Å²) in [6.45, 7) is 2.24. The van der Waals surface area contributed by atoms with E-state index in [0.29, 0.717) is 0 Å². The van der Waals surface area contributed by atoms with Crippen LogP contribution in [0.1, 0.15) is 30.0 Å². The van der Waals surface area contributed by atoms with E-state index >= 15 is 0 Å². The highest BCUT2D eigenvalue weighted by Gasteiger charge is 2.01. The van der Waals surface area contributed by atoms with E-state index < -0.39 is 0 Å². The lowest BCUT2D eigenvalue weighted by Gasteiger charge is -2.07. The first-order chi connectivity index (χ1) is 11.3. The molecule has 0 unspecified atom stereocenters. The summed E-state index contributed by atoms with van der Waals surface area (Å²) >= 11 is 0. The number of hydrogen-bond acceptors (Lipinski definition) is 0. The van der Waals surface area contributed by atoms with Crippen LogP contribution in [0.2, 0.25) is 0 Å². The van der Waals surface area contributed by atoms with Crippen LogP contribution in [-0.4, -0.2) is 0 Å². The topological polar surface area (TPSA) is 0 Å². The van der Waals surface area contributed by atoms with Gasteiger partial charge in [0.1, 0.15) is 0 Å². The predicted octanol–water partition coefficient (Wildman–Crippen LogP) is 6.09. The Kier molecular flexibility index (Phi) is 5.26. The molecule has 0 N–H and O–H groups in total. The largest absolute Gasteiger partial charge is 0.0651 e. The van der Waals surface area contributed by atoms with E-state index in [2.05, 4.69) is 85.8 Å². The van der Waals surface area contributed by atoms with Crippen molar-refractivity contribution in [3.05, 3.63) is 95.6 Å². The van der Waals surface area contributed by atoms with Crippen molar-refractivity contribution in [3.63, 3.8) is 0 Å². The van der Waals surface area contributed by atoms with Gasteiger partial charge in [0.25, 0.3) is 0 Å². The Labute approximate surface area is 139 Å². The molecule has 116 valence electrons. The van der Waals surface area contributed by atoms with E-state index in [-0.39, 0.29) is 0 Å². The summed E-state index contributed by atoms with van der Waals surface area (Å²) in [5.74, 6) is 0. The van der Waals surface area contributed by atoms with Gasteiger partial charge in [0, 0.05) is 0 Å². The highest BCUT2D eigenvalue weighted by Crippen LogP contribution is 2.21. The van der Waals surface area contributed by atoms with E-state index in [1.165, 1.54) is 40.7 Å². The zero-order valence-electron chi connectivity index (χ0n) is 13.8. The molecule has 3 aromatic rings. The molecule has 0 spiro atoms. The molecule has 0 saturated carbocycles. The molecule has 0 aliphatic rings. The number of aryl methyl sites for hydroxylation is 3. The number of hydrogen-bond donors (Lipinski definition) is 0. The fourth-order valence-electron chi connectivity index (χ4n) is 3.06. The van der Waals surface area contributed by atoms with Crippen LogP contribution in [0, 0.1) is 0 Å². The second-order valence-electron chi connectivity index (χ2n) is 6.14. The molecule has 0 nitrogen and oxygen atoms in total. The van der Waals surface area contributed by atoms with E-state index in [9.17, 15) is 0 Å². The summed E-state index contributed by atoms with van der Waals surface area (Å²) in [7, 11) is 0. The maximum absolute atomic E-state index is 2.37. The molecule has 0 aliphatic carbocycles. The van der Waals surface area contributed by atoms with Crippen molar-refractivity contribution in [2.45, 2.75) is 32.6 Å². The first-order valence-electron chi connectivity index (χ1n) is 8.57. The minimum absolute atomic E-state index is 1.09. The summed E-state index contributed by atoms with van der Waals surface area (Å²) in [5, 5.41) is 0. The molecule has 0 aliphatic heterocycles. The summed E-state index contributed by atoms with van der Waals surface area (Å²) in [6, 6.07) is 28.6. The third-order valence-corrected chi connectivity index (χ3v) is 4.27. The summed E-state index contributed by atoms with van der Waals surface area (Å²) in [5.41, 5.74) is 6.92. The smallest absolute Gasteiger partial charge is 0.0181 e. The number of benzene rings is 3. The standard InChI is InChI=1S/C23H24/c1-2-8-19-9-6-10-20(17-19)15-16-21-11-7-14-23(18-21)22-12-4-3-5-13-22/h3-7,9-14,17-18H,2,8,15-16H2,1H3. The van der Waals surface area contributed by atoms with Crippen LogP contribution in [0.25, 0.3) is 11.1 Å². The molecular weight excluding hydrogens is 276 g/mol. The quantitative estimate of drug-likeness (QED) is 0.516. The maximum Gasteiger partial charge on any atom is -0.0181 e. The van der Waals surface area contributed by atoms with Gasteiger partial charge in [0.15, 0.2) is 0 Å². The first kappa shape index (κ1) is 15.6. The highest BCUT2D eigenvalue weighted by molar-refractivity contribution is 5.63. The monoisotopic (exact) mass is 300 g/mol. The summed E-state index contributed by atoms with van der Waals surface area (Å²) < 4.78 is 0. The van der Waals surface area contributed by atoms with Crippen molar-refractivity contribution in [3.8, 4) is 11.1 Å². The Morgan fingerprint density at radius 2 is 1.09 bits per heavy atom. The average Bonchev–Trinajstić information content (AvgIpc) is 2.62. The minimum Gasteiger partial charge on any atom is -0.0651 e. The fourth-order valence-corrected chi connectivity index (χ4v) is 3.06. The molecular formula is C23H24. The van der Waals surface area contributed by atoms with Crippen LogP contribution in [0.15, 0.2) is 78.9 Å². The second-order valence-corrected chi connectivity index (χ2v) is 6.14. The molecule has 0 bridgehead atoms. The van der Waals surface area contributed by atoms with Gasteiger partial charge >= 0.3 is 0 Å². The molecule has 23 heavy (non-hydrogen) atoms. The van der Waals surface area contributed by atoms with Crippen molar-refractivity contribution in [1.82, 2.24) is 0 Å². The van der Waals surface area contributed by atoms with Gasteiger partial charge in [-0.25, -0.2) is 0 Å². The minimum atomic E-state index is 1.09. The fraction of sp³-hybridized carbons (Fsp3) is 0.217. The van der Waals surface area contributed by atoms with Crippen LogP contribution in [-0.2, 0) is 19.3 Å². The lowest BCUT2D eigenvalue weighted by Crippen LogP contribution is -1.93. The van der Waals surface area contributed by atoms with Crippen molar-refractivity contribution < 1.29 is 0 Å². The lowest BCUT2D eigenvalue weighted by atomic mass is 9.98. The molecule has 0 amide bonds. The molecule has 3 aromatic carbocycles. The molecule has 3 rings (SSSR count). The first-order valence-corrected chi connectivity index (χ1v) is 8.57. The van der Waals surface area contributed by atoms with Gasteiger partial charge in [0.2, 0.25) is 0 Å². The van der Waals surface area contributed by atoms with E-state index in [1.807, 2.05) is 0 Å². The molecule has 0 radical (unpaired) electrons. The van der Waals surface area contributed by atoms with Gasteiger partial charge in [-0.05, 0) is 47.1 Å². The lowest BCUT2D eigenvalue weighted by molar-refractivity contribution is 0.907. The maximum atomic E-state index is 2.37. The second kappa shape index (κ2) is 7.78. The molecule has 0 aromatic heterocycles. The molecule has 0 atom stereocenters. The summed E-state index contributed by atoms with van der Waals surface area (Å²) in [4.78, 5) is 0. The Morgan fingerprint density at radius 3 is 1.78 bits per heavy atom.